The molecular weight excluding hydrogens is 618 g/mol. The maximum atomic E-state index is 15.8. The van der Waals surface area contributed by atoms with Crippen molar-refractivity contribution < 1.29 is 41.0 Å². The number of rotatable bonds is 5. The van der Waals surface area contributed by atoms with Crippen LogP contribution in [0.1, 0.15) is 138 Å². The number of alkyl halides is 3. The quantitative estimate of drug-likeness (QED) is 0.180. The maximum Gasteiger partial charge on any atom is 0.416 e. The summed E-state index contributed by atoms with van der Waals surface area (Å²) in [6, 6.07) is 2.62. The fourth-order valence-electron chi connectivity index (χ4n) is 6.99. The molecule has 0 bridgehead atoms. The molecule has 0 radical (unpaired) electrons. The predicted molar refractivity (Wildman–Crippen MR) is 168 cm³/mol. The molecule has 2 aromatic rings. The third kappa shape index (κ3) is 6.05. The number of fused-ring (bicyclic) bond motifs is 4. The largest absolute Gasteiger partial charge is 0.455 e. The van der Waals surface area contributed by atoms with E-state index >= 15 is 4.39 Å². The lowest BCUT2D eigenvalue weighted by Gasteiger charge is -2.48. The number of aromatic nitrogens is 1. The van der Waals surface area contributed by atoms with Crippen molar-refractivity contribution in [3.05, 3.63) is 63.2 Å². The first-order valence-corrected chi connectivity index (χ1v) is 19.1. The van der Waals surface area contributed by atoms with Crippen LogP contribution in [0.25, 0.3) is 0 Å². The summed E-state index contributed by atoms with van der Waals surface area (Å²) < 4.78 is 82.4. The molecule has 6 nitrogen and oxygen atoms in total. The number of halogens is 4. The summed E-state index contributed by atoms with van der Waals surface area (Å²) in [5.74, 6) is -1.58. The van der Waals surface area contributed by atoms with Gasteiger partial charge in [0.2, 0.25) is 0 Å². The lowest BCUT2D eigenvalue weighted by molar-refractivity contribution is -0.156. The summed E-state index contributed by atoms with van der Waals surface area (Å²) in [6.45, 7) is 21.1. The van der Waals surface area contributed by atoms with E-state index in [4.69, 9.17) is 23.6 Å². The zero-order valence-electron chi connectivity index (χ0n) is 28.6. The van der Waals surface area contributed by atoms with Crippen molar-refractivity contribution in [2.45, 2.75) is 129 Å². The van der Waals surface area contributed by atoms with E-state index in [1.165, 1.54) is 13.0 Å². The lowest BCUT2D eigenvalue weighted by atomic mass is 9.68. The summed E-state index contributed by atoms with van der Waals surface area (Å²) in [5, 5.41) is -0.114. The van der Waals surface area contributed by atoms with Gasteiger partial charge in [-0.2, -0.15) is 13.2 Å². The van der Waals surface area contributed by atoms with Gasteiger partial charge in [0.25, 0.3) is 0 Å². The molecule has 0 unspecified atom stereocenters. The highest BCUT2D eigenvalue weighted by atomic mass is 28.4. The normalized spacial score (nSPS) is 24.2. The second-order valence-corrected chi connectivity index (χ2v) is 20.4. The lowest BCUT2D eigenvalue weighted by Crippen LogP contribution is -2.46. The molecule has 46 heavy (non-hydrogen) atoms. The van der Waals surface area contributed by atoms with Crippen molar-refractivity contribution in [2.24, 2.45) is 5.41 Å². The van der Waals surface area contributed by atoms with Gasteiger partial charge in [0.05, 0.1) is 23.0 Å². The Labute approximate surface area is 270 Å². The van der Waals surface area contributed by atoms with Gasteiger partial charge in [0, 0.05) is 60.8 Å². The number of esters is 1. The van der Waals surface area contributed by atoms with E-state index in [-0.39, 0.29) is 16.5 Å². The van der Waals surface area contributed by atoms with Gasteiger partial charge in [-0.1, -0.05) is 54.5 Å². The van der Waals surface area contributed by atoms with Gasteiger partial charge in [-0.15, -0.1) is 0 Å². The smallest absolute Gasteiger partial charge is 0.416 e. The molecule has 3 atom stereocenters. The van der Waals surface area contributed by atoms with Crippen LogP contribution in [0.15, 0.2) is 18.2 Å². The van der Waals surface area contributed by atoms with Crippen LogP contribution in [0.2, 0.25) is 18.1 Å². The number of benzene rings is 1. The molecular formula is C35H47F4NO5Si. The Morgan fingerprint density at radius 2 is 1.72 bits per heavy atom. The third-order valence-corrected chi connectivity index (χ3v) is 14.9. The Morgan fingerprint density at radius 3 is 2.24 bits per heavy atom. The molecule has 1 aromatic heterocycles. The maximum absolute atomic E-state index is 15.8. The molecule has 1 saturated heterocycles. The average Bonchev–Trinajstić information content (AvgIpc) is 3.22. The Bertz CT molecular complexity index is 1510. The monoisotopic (exact) mass is 665 g/mol. The molecule has 11 heteroatoms. The molecule has 5 rings (SSSR count). The number of hydrogen-bond acceptors (Lipinski definition) is 6. The Hall–Kier alpha value is -2.34. The van der Waals surface area contributed by atoms with E-state index in [1.807, 2.05) is 13.8 Å². The van der Waals surface area contributed by atoms with Crippen molar-refractivity contribution >= 4 is 14.3 Å². The van der Waals surface area contributed by atoms with Gasteiger partial charge in [-0.25, -0.2) is 4.39 Å². The molecule has 0 saturated carbocycles. The molecule has 1 aromatic carbocycles. The Kier molecular flexibility index (Phi) is 8.87. The highest BCUT2D eigenvalue weighted by Gasteiger charge is 2.56. The molecule has 2 aliphatic heterocycles. The molecule has 1 fully saturated rings. The number of pyridine rings is 1. The number of nitrogens with zero attached hydrogens (tertiary/aromatic N) is 1. The van der Waals surface area contributed by atoms with E-state index < -0.39 is 61.2 Å². The molecule has 254 valence electrons. The SMILES string of the molecule is CC(=O)O[C@@H]1c2nc(C(C)C)c3c(c2[C@@H](O[Si](C)(C)C(C)(C)C)CC1(C)C)C1(CCOCC1)O[C@@H]3c1ccc(C(F)(F)F)cc1F. The first kappa shape index (κ1) is 35.0. The minimum atomic E-state index is -4.69. The van der Waals surface area contributed by atoms with Crippen molar-refractivity contribution in [1.82, 2.24) is 4.98 Å². The van der Waals surface area contributed by atoms with Crippen molar-refractivity contribution in [2.75, 3.05) is 13.2 Å². The zero-order valence-corrected chi connectivity index (χ0v) is 29.6. The van der Waals surface area contributed by atoms with E-state index in [9.17, 15) is 18.0 Å². The van der Waals surface area contributed by atoms with Gasteiger partial charge >= 0.3 is 12.1 Å². The van der Waals surface area contributed by atoms with Crippen LogP contribution in [0, 0.1) is 11.2 Å². The topological polar surface area (TPSA) is 66.9 Å². The fourth-order valence-corrected chi connectivity index (χ4v) is 8.26. The Morgan fingerprint density at radius 1 is 1.09 bits per heavy atom. The van der Waals surface area contributed by atoms with E-state index in [0.29, 0.717) is 55.5 Å². The summed E-state index contributed by atoms with van der Waals surface area (Å²) in [7, 11) is -2.39. The minimum absolute atomic E-state index is 0.0239. The second kappa shape index (κ2) is 11.7. The van der Waals surface area contributed by atoms with E-state index in [0.717, 1.165) is 17.2 Å². The summed E-state index contributed by atoms with van der Waals surface area (Å²) >= 11 is 0. The highest BCUT2D eigenvalue weighted by molar-refractivity contribution is 6.74. The third-order valence-electron chi connectivity index (χ3n) is 10.4. The average molecular weight is 666 g/mol. The standard InChI is InChI=1S/C35H47F4NO5Si/c1-19(2)28-26-27(34(13-15-42-16-14-34)44-30(26)22-12-11-21(17-23(22)36)35(37,38)39)25-24(45-46(9,10)32(4,5)6)18-33(7,8)31(29(25)40-28)43-20(3)41/h11-12,17,19,24,30-31H,13-16,18H2,1-10H3/t24-,30+,31+/m0/s1. The van der Waals surface area contributed by atoms with Crippen LogP contribution >= 0.6 is 0 Å². The minimum Gasteiger partial charge on any atom is -0.455 e. The first-order valence-electron chi connectivity index (χ1n) is 16.1. The Balaban J connectivity index is 1.86. The van der Waals surface area contributed by atoms with Gasteiger partial charge in [-0.05, 0) is 48.2 Å². The molecule has 3 aliphatic rings. The summed E-state index contributed by atoms with van der Waals surface area (Å²) in [4.78, 5) is 17.8. The molecule has 1 aliphatic carbocycles. The van der Waals surface area contributed by atoms with Gasteiger partial charge < -0.3 is 18.6 Å². The first-order chi connectivity index (χ1) is 21.1. The van der Waals surface area contributed by atoms with Crippen molar-refractivity contribution in [1.29, 1.82) is 0 Å². The zero-order chi connectivity index (χ0) is 34.2. The molecule has 1 spiro atoms. The summed E-state index contributed by atoms with van der Waals surface area (Å²) in [5.41, 5.74) is 1.05. The van der Waals surface area contributed by atoms with E-state index in [1.54, 1.807) is 0 Å². The highest BCUT2D eigenvalue weighted by Crippen LogP contribution is 2.61. The van der Waals surface area contributed by atoms with Crippen LogP contribution in [0.3, 0.4) is 0 Å². The van der Waals surface area contributed by atoms with Crippen molar-refractivity contribution in [3.8, 4) is 0 Å². The molecule has 3 heterocycles. The van der Waals surface area contributed by atoms with Gasteiger partial charge in [0.1, 0.15) is 18.0 Å². The van der Waals surface area contributed by atoms with Crippen LogP contribution in [-0.2, 0) is 35.2 Å². The fraction of sp³-hybridized carbons (Fsp3) is 0.657. The van der Waals surface area contributed by atoms with Crippen LogP contribution in [0.5, 0.6) is 0 Å². The number of carbonyl (C=O) groups is 1. The molecule has 0 N–H and O–H groups in total. The number of ether oxygens (including phenoxy) is 3. The second-order valence-electron chi connectivity index (χ2n) is 15.6. The van der Waals surface area contributed by atoms with Crippen LogP contribution in [-0.4, -0.2) is 32.5 Å². The molecule has 0 amide bonds. The van der Waals surface area contributed by atoms with Crippen LogP contribution < -0.4 is 0 Å². The van der Waals surface area contributed by atoms with Gasteiger partial charge in [0.15, 0.2) is 8.32 Å². The van der Waals surface area contributed by atoms with Gasteiger partial charge in [-0.3, -0.25) is 9.78 Å². The number of hydrogen-bond donors (Lipinski definition) is 0. The predicted octanol–water partition coefficient (Wildman–Crippen LogP) is 9.59. The number of carbonyl (C=O) groups excluding carboxylic acids is 1. The van der Waals surface area contributed by atoms with Crippen molar-refractivity contribution in [3.63, 3.8) is 0 Å². The van der Waals surface area contributed by atoms with E-state index in [2.05, 4.69) is 47.7 Å². The summed E-state index contributed by atoms with van der Waals surface area (Å²) in [6.07, 6.45) is -5.35. The van der Waals surface area contributed by atoms with Crippen LogP contribution in [0.4, 0.5) is 17.6 Å².